The molecular weight excluding hydrogens is 298 g/mol. The number of aromatic nitrogens is 2. The maximum atomic E-state index is 11.9. The van der Waals surface area contributed by atoms with E-state index < -0.39 is 0 Å². The number of fused-ring (bicyclic) bond motifs is 1. The van der Waals surface area contributed by atoms with Gasteiger partial charge in [0.2, 0.25) is 0 Å². The molecule has 2 aromatic rings. The van der Waals surface area contributed by atoms with Crippen LogP contribution in [-0.2, 0) is 30.7 Å². The Morgan fingerprint density at radius 3 is 3.23 bits per heavy atom. The number of aryl methyl sites for hydroxylation is 1. The minimum absolute atomic E-state index is 0.0145. The van der Waals surface area contributed by atoms with Crippen LogP contribution < -0.4 is 5.32 Å². The smallest absolute Gasteiger partial charge is 0.252 e. The van der Waals surface area contributed by atoms with Gasteiger partial charge in [0, 0.05) is 48.1 Å². The summed E-state index contributed by atoms with van der Waals surface area (Å²) >= 11 is 1.53. The summed E-state index contributed by atoms with van der Waals surface area (Å²) in [5.74, 6) is -0.0145. The van der Waals surface area contributed by atoms with Crippen LogP contribution in [-0.4, -0.2) is 28.8 Å². The maximum Gasteiger partial charge on any atom is 0.252 e. The molecule has 1 aliphatic heterocycles. The molecule has 118 valence electrons. The first-order valence-electron chi connectivity index (χ1n) is 7.75. The highest BCUT2D eigenvalue weighted by Gasteiger charge is 2.20. The van der Waals surface area contributed by atoms with Crippen molar-refractivity contribution in [3.8, 4) is 0 Å². The van der Waals surface area contributed by atoms with Crippen molar-refractivity contribution in [1.82, 2.24) is 15.1 Å². The van der Waals surface area contributed by atoms with Crippen LogP contribution in [0.2, 0.25) is 0 Å². The minimum atomic E-state index is -0.0145. The van der Waals surface area contributed by atoms with E-state index in [2.05, 4.69) is 16.9 Å². The van der Waals surface area contributed by atoms with Gasteiger partial charge >= 0.3 is 0 Å². The van der Waals surface area contributed by atoms with E-state index in [1.165, 1.54) is 22.6 Å². The number of rotatable bonds is 6. The first kappa shape index (κ1) is 15.2. The molecule has 1 N–H and O–H groups in total. The van der Waals surface area contributed by atoms with E-state index >= 15 is 0 Å². The highest BCUT2D eigenvalue weighted by Crippen LogP contribution is 2.21. The Labute approximate surface area is 134 Å². The Bertz CT molecular complexity index is 634. The van der Waals surface area contributed by atoms with Crippen LogP contribution in [0.4, 0.5) is 0 Å². The lowest BCUT2D eigenvalue weighted by Gasteiger charge is -2.14. The molecule has 0 aliphatic carbocycles. The molecule has 0 aromatic carbocycles. The van der Waals surface area contributed by atoms with E-state index in [1.54, 1.807) is 0 Å². The molecule has 0 radical (unpaired) electrons. The van der Waals surface area contributed by atoms with Gasteiger partial charge in [-0.25, -0.2) is 0 Å². The van der Waals surface area contributed by atoms with Crippen molar-refractivity contribution >= 4 is 17.2 Å². The maximum absolute atomic E-state index is 11.9. The van der Waals surface area contributed by atoms with E-state index in [0.29, 0.717) is 13.2 Å². The molecule has 3 rings (SSSR count). The molecule has 1 amide bonds. The first-order chi connectivity index (χ1) is 10.8. The lowest BCUT2D eigenvalue weighted by atomic mass is 10.1. The van der Waals surface area contributed by atoms with E-state index in [0.717, 1.165) is 43.7 Å². The molecule has 1 aliphatic rings. The van der Waals surface area contributed by atoms with Gasteiger partial charge in [0.15, 0.2) is 0 Å². The van der Waals surface area contributed by atoms with Crippen molar-refractivity contribution in [1.29, 1.82) is 0 Å². The molecule has 0 atom stereocenters. The number of carbonyl (C=O) groups is 1. The summed E-state index contributed by atoms with van der Waals surface area (Å²) in [5.41, 5.74) is 4.33. The first-order valence-corrected chi connectivity index (χ1v) is 8.69. The summed E-state index contributed by atoms with van der Waals surface area (Å²) in [4.78, 5) is 11.9. The molecule has 3 heterocycles. The van der Waals surface area contributed by atoms with Gasteiger partial charge in [-0.2, -0.15) is 16.4 Å². The van der Waals surface area contributed by atoms with E-state index in [9.17, 15) is 4.79 Å². The van der Waals surface area contributed by atoms with Gasteiger partial charge in [0.1, 0.15) is 0 Å². The number of carbonyl (C=O) groups excluding carboxylic acids is 1. The van der Waals surface area contributed by atoms with Gasteiger partial charge in [-0.05, 0) is 17.9 Å². The fraction of sp³-hybridized carbons (Fsp3) is 0.500. The van der Waals surface area contributed by atoms with Crippen LogP contribution in [0, 0.1) is 0 Å². The minimum Gasteiger partial charge on any atom is -0.376 e. The van der Waals surface area contributed by atoms with Gasteiger partial charge in [-0.1, -0.05) is 6.92 Å². The average molecular weight is 319 g/mol. The predicted molar refractivity (Wildman–Crippen MR) is 86.2 cm³/mol. The molecule has 0 saturated heterocycles. The Morgan fingerprint density at radius 1 is 1.55 bits per heavy atom. The molecule has 5 nitrogen and oxygen atoms in total. The molecule has 0 bridgehead atoms. The van der Waals surface area contributed by atoms with Crippen molar-refractivity contribution in [3.63, 3.8) is 0 Å². The molecule has 22 heavy (non-hydrogen) atoms. The SMILES string of the molecule is CCCn1nc(CCNC(=O)c2ccsc2)c2c1CCOC2. The van der Waals surface area contributed by atoms with E-state index in [4.69, 9.17) is 9.84 Å². The third-order valence-corrected chi connectivity index (χ3v) is 4.53. The zero-order chi connectivity index (χ0) is 15.4. The normalized spacial score (nSPS) is 13.9. The lowest BCUT2D eigenvalue weighted by Crippen LogP contribution is -2.25. The van der Waals surface area contributed by atoms with E-state index in [1.807, 2.05) is 16.8 Å². The summed E-state index contributed by atoms with van der Waals surface area (Å²) in [6.45, 7) is 5.13. The second-order valence-electron chi connectivity index (χ2n) is 5.42. The van der Waals surface area contributed by atoms with Crippen molar-refractivity contribution in [3.05, 3.63) is 39.3 Å². The molecule has 0 spiro atoms. The van der Waals surface area contributed by atoms with Crippen molar-refractivity contribution in [2.24, 2.45) is 0 Å². The highest BCUT2D eigenvalue weighted by molar-refractivity contribution is 7.08. The largest absolute Gasteiger partial charge is 0.376 e. The van der Waals surface area contributed by atoms with E-state index in [-0.39, 0.29) is 5.91 Å². The van der Waals surface area contributed by atoms with Crippen LogP contribution in [0.3, 0.4) is 0 Å². The number of hydrogen-bond donors (Lipinski definition) is 1. The molecular formula is C16H21N3O2S. The lowest BCUT2D eigenvalue weighted by molar-refractivity contribution is 0.0954. The number of hydrogen-bond acceptors (Lipinski definition) is 4. The van der Waals surface area contributed by atoms with Crippen molar-refractivity contribution in [2.45, 2.75) is 39.3 Å². The van der Waals surface area contributed by atoms with Crippen molar-refractivity contribution < 1.29 is 9.53 Å². The highest BCUT2D eigenvalue weighted by atomic mass is 32.1. The van der Waals surface area contributed by atoms with Gasteiger partial charge < -0.3 is 10.1 Å². The zero-order valence-electron chi connectivity index (χ0n) is 12.8. The van der Waals surface area contributed by atoms with Crippen LogP contribution >= 0.6 is 11.3 Å². The molecule has 0 unspecified atom stereocenters. The number of ether oxygens (including phenoxy) is 1. The number of nitrogens with zero attached hydrogens (tertiary/aromatic N) is 2. The Hall–Kier alpha value is -1.66. The fourth-order valence-corrected chi connectivity index (χ4v) is 3.40. The topological polar surface area (TPSA) is 56.2 Å². The third kappa shape index (κ3) is 3.23. The van der Waals surface area contributed by atoms with Gasteiger partial charge in [-0.3, -0.25) is 9.48 Å². The molecule has 2 aromatic heterocycles. The second kappa shape index (κ2) is 7.07. The Kier molecular flexibility index (Phi) is 4.90. The summed E-state index contributed by atoms with van der Waals surface area (Å²) in [7, 11) is 0. The van der Waals surface area contributed by atoms with Crippen LogP contribution in [0.1, 0.15) is 40.7 Å². The van der Waals surface area contributed by atoms with Gasteiger partial charge in [-0.15, -0.1) is 0 Å². The fourth-order valence-electron chi connectivity index (χ4n) is 2.77. The average Bonchev–Trinajstić information content (AvgIpc) is 3.17. The number of nitrogens with one attached hydrogen (secondary N) is 1. The summed E-state index contributed by atoms with van der Waals surface area (Å²) < 4.78 is 7.69. The third-order valence-electron chi connectivity index (χ3n) is 3.85. The van der Waals surface area contributed by atoms with Crippen molar-refractivity contribution in [2.75, 3.05) is 13.2 Å². The predicted octanol–water partition coefficient (Wildman–Crippen LogP) is 2.40. The second-order valence-corrected chi connectivity index (χ2v) is 6.20. The monoisotopic (exact) mass is 319 g/mol. The molecule has 0 saturated carbocycles. The number of thiophene rings is 1. The Morgan fingerprint density at radius 2 is 2.45 bits per heavy atom. The van der Waals surface area contributed by atoms with Gasteiger partial charge in [0.25, 0.3) is 5.91 Å². The van der Waals surface area contributed by atoms with Crippen LogP contribution in [0.5, 0.6) is 0 Å². The summed E-state index contributed by atoms with van der Waals surface area (Å²) in [5, 5.41) is 11.5. The summed E-state index contributed by atoms with van der Waals surface area (Å²) in [6, 6.07) is 1.84. The van der Waals surface area contributed by atoms with Gasteiger partial charge in [0.05, 0.1) is 18.9 Å². The zero-order valence-corrected chi connectivity index (χ0v) is 13.6. The summed E-state index contributed by atoms with van der Waals surface area (Å²) in [6.07, 6.45) is 2.76. The number of amides is 1. The molecule has 0 fully saturated rings. The van der Waals surface area contributed by atoms with Crippen LogP contribution in [0.15, 0.2) is 16.8 Å². The standard InChI is InChI=1S/C16H21N3O2S/c1-2-7-19-15-4-8-21-10-13(15)14(18-19)3-6-17-16(20)12-5-9-22-11-12/h5,9,11H,2-4,6-8,10H2,1H3,(H,17,20). The molecule has 6 heteroatoms. The quantitative estimate of drug-likeness (QED) is 0.889. The Balaban J connectivity index is 1.63. The van der Waals surface area contributed by atoms with Crippen LogP contribution in [0.25, 0.3) is 0 Å².